The van der Waals surface area contributed by atoms with E-state index in [0.717, 1.165) is 11.3 Å². The number of carbonyl (C=O) groups excluding carboxylic acids is 2. The molecular weight excluding hydrogens is 414 g/mol. The lowest BCUT2D eigenvalue weighted by Gasteiger charge is -2.37. The van der Waals surface area contributed by atoms with Crippen molar-refractivity contribution in [2.75, 3.05) is 12.0 Å². The summed E-state index contributed by atoms with van der Waals surface area (Å²) in [5.41, 5.74) is 0.593. The lowest BCUT2D eigenvalue weighted by Crippen LogP contribution is -2.47. The number of rotatable bonds is 3. The van der Waals surface area contributed by atoms with Crippen molar-refractivity contribution in [3.8, 4) is 12.1 Å². The largest absolute Gasteiger partial charge is 0.465 e. The van der Waals surface area contributed by atoms with Gasteiger partial charge in [0.25, 0.3) is 0 Å². The molecule has 0 spiro atoms. The molecule has 2 aromatic carbocycles. The fraction of sp³-hybridized carbons (Fsp3) is 0.333. The van der Waals surface area contributed by atoms with Crippen molar-refractivity contribution < 1.29 is 14.3 Å². The maximum Gasteiger partial charge on any atom is 0.337 e. The van der Waals surface area contributed by atoms with Crippen LogP contribution in [0.5, 0.6) is 0 Å². The van der Waals surface area contributed by atoms with E-state index in [4.69, 9.17) is 4.74 Å². The fourth-order valence-corrected chi connectivity index (χ4v) is 5.00. The first-order valence-electron chi connectivity index (χ1n) is 10.8. The van der Waals surface area contributed by atoms with Crippen LogP contribution in [0.1, 0.15) is 48.2 Å². The highest BCUT2D eigenvalue weighted by Crippen LogP contribution is 2.56. The summed E-state index contributed by atoms with van der Waals surface area (Å²) in [5, 5.41) is 20.8. The van der Waals surface area contributed by atoms with E-state index in [9.17, 15) is 20.1 Å². The van der Waals surface area contributed by atoms with Crippen LogP contribution in [0.2, 0.25) is 0 Å². The normalized spacial score (nSPS) is 22.5. The number of ketones is 1. The quantitative estimate of drug-likeness (QED) is 0.654. The van der Waals surface area contributed by atoms with Crippen molar-refractivity contribution in [1.29, 1.82) is 10.5 Å². The Balaban J connectivity index is 1.97. The van der Waals surface area contributed by atoms with E-state index in [1.54, 1.807) is 24.3 Å². The third-order valence-electron chi connectivity index (χ3n) is 6.61. The molecule has 6 heteroatoms. The van der Waals surface area contributed by atoms with Crippen LogP contribution in [-0.2, 0) is 9.53 Å². The molecule has 0 radical (unpaired) electrons. The molecule has 0 saturated carbocycles. The van der Waals surface area contributed by atoms with Crippen LogP contribution in [-0.4, -0.2) is 30.9 Å². The molecule has 0 amide bonds. The minimum absolute atomic E-state index is 0.0491. The number of nitriles is 2. The number of anilines is 1. The second kappa shape index (κ2) is 7.90. The average Bonchev–Trinajstić information content (AvgIpc) is 3.13. The highest BCUT2D eigenvalue weighted by atomic mass is 16.5. The number of fused-ring (bicyclic) bond motifs is 3. The number of benzene rings is 2. The Morgan fingerprint density at radius 1 is 1.03 bits per heavy atom. The van der Waals surface area contributed by atoms with Gasteiger partial charge in [-0.3, -0.25) is 4.79 Å². The summed E-state index contributed by atoms with van der Waals surface area (Å²) in [6.45, 7) is 5.56. The third-order valence-corrected chi connectivity index (χ3v) is 6.61. The molecule has 0 aliphatic carbocycles. The van der Waals surface area contributed by atoms with Gasteiger partial charge in [0.1, 0.15) is 0 Å². The number of hydrogen-bond acceptors (Lipinski definition) is 6. The van der Waals surface area contributed by atoms with Crippen LogP contribution in [0.3, 0.4) is 0 Å². The van der Waals surface area contributed by atoms with Crippen molar-refractivity contribution in [3.63, 3.8) is 0 Å². The summed E-state index contributed by atoms with van der Waals surface area (Å²) in [4.78, 5) is 27.8. The van der Waals surface area contributed by atoms with Gasteiger partial charge in [-0.25, -0.2) is 4.79 Å². The lowest BCUT2D eigenvalue weighted by atomic mass is 9.67. The van der Waals surface area contributed by atoms with Crippen LogP contribution in [0, 0.1) is 33.5 Å². The summed E-state index contributed by atoms with van der Waals surface area (Å²) >= 11 is 0. The van der Waals surface area contributed by atoms with Crippen LogP contribution < -0.4 is 4.90 Å². The molecule has 6 nitrogen and oxygen atoms in total. The number of ether oxygens (including phenoxy) is 1. The Kier molecular flexibility index (Phi) is 5.34. The molecule has 0 unspecified atom stereocenters. The molecule has 3 atom stereocenters. The van der Waals surface area contributed by atoms with Gasteiger partial charge in [0.05, 0.1) is 36.9 Å². The van der Waals surface area contributed by atoms with Gasteiger partial charge in [0.15, 0.2) is 11.2 Å². The fourth-order valence-electron chi connectivity index (χ4n) is 5.00. The van der Waals surface area contributed by atoms with Crippen molar-refractivity contribution in [2.45, 2.75) is 38.8 Å². The van der Waals surface area contributed by atoms with Crippen LogP contribution >= 0.6 is 0 Å². The van der Waals surface area contributed by atoms with Gasteiger partial charge in [-0.15, -0.1) is 0 Å². The Morgan fingerprint density at radius 2 is 1.67 bits per heavy atom. The molecule has 1 fully saturated rings. The number of esters is 1. The minimum Gasteiger partial charge on any atom is -0.465 e. The lowest BCUT2D eigenvalue weighted by molar-refractivity contribution is -0.127. The van der Waals surface area contributed by atoms with E-state index >= 15 is 0 Å². The molecule has 0 N–H and O–H groups in total. The molecular formula is C27H25N3O3. The SMILES string of the molecule is COC(=O)c1ccc([C@@H]2[C@H](C(=O)C(C)(C)C)N3c4ccccc4C=C[C@H]3C2(C#N)C#N)cc1. The zero-order chi connectivity index (χ0) is 24.0. The Labute approximate surface area is 193 Å². The van der Waals surface area contributed by atoms with Gasteiger partial charge >= 0.3 is 5.97 Å². The summed E-state index contributed by atoms with van der Waals surface area (Å²) < 4.78 is 4.79. The Morgan fingerprint density at radius 3 is 2.24 bits per heavy atom. The average molecular weight is 440 g/mol. The molecule has 2 aliphatic rings. The van der Waals surface area contributed by atoms with Gasteiger partial charge in [-0.2, -0.15) is 10.5 Å². The van der Waals surface area contributed by atoms with Crippen molar-refractivity contribution in [2.24, 2.45) is 10.8 Å². The number of Topliss-reactive ketones (excluding diaryl/α,β-unsaturated/α-hetero) is 1. The van der Waals surface area contributed by atoms with Crippen LogP contribution in [0.15, 0.2) is 54.6 Å². The van der Waals surface area contributed by atoms with Gasteiger partial charge in [-0.05, 0) is 29.3 Å². The maximum absolute atomic E-state index is 13.9. The molecule has 4 rings (SSSR count). The molecule has 2 aromatic rings. The van der Waals surface area contributed by atoms with Gasteiger partial charge in [0, 0.05) is 17.0 Å². The number of hydrogen-bond donors (Lipinski definition) is 0. The number of nitrogens with zero attached hydrogens (tertiary/aromatic N) is 3. The maximum atomic E-state index is 13.9. The van der Waals surface area contributed by atoms with E-state index in [1.807, 2.05) is 62.1 Å². The predicted molar refractivity (Wildman–Crippen MR) is 124 cm³/mol. The first-order chi connectivity index (χ1) is 15.7. The first kappa shape index (κ1) is 22.3. The topological polar surface area (TPSA) is 94.2 Å². The second-order valence-electron chi connectivity index (χ2n) is 9.51. The second-order valence-corrected chi connectivity index (χ2v) is 9.51. The predicted octanol–water partition coefficient (Wildman–Crippen LogP) is 4.49. The van der Waals surface area contributed by atoms with Crippen LogP contribution in [0.25, 0.3) is 6.08 Å². The standard InChI is InChI=1S/C27H25N3O3/c1-26(2,3)24(31)23-22(18-9-11-19(12-10-18)25(32)33-4)27(15-28,16-29)21-14-13-17-7-5-6-8-20(17)30(21)23/h5-14,21-23H,1-4H3/t21-,22+,23+/m0/s1. The highest BCUT2D eigenvalue weighted by molar-refractivity contribution is 5.96. The molecule has 166 valence electrons. The molecule has 1 saturated heterocycles. The minimum atomic E-state index is -1.50. The molecule has 0 bridgehead atoms. The molecule has 33 heavy (non-hydrogen) atoms. The van der Waals surface area contributed by atoms with E-state index < -0.39 is 34.8 Å². The zero-order valence-corrected chi connectivity index (χ0v) is 19.1. The Bertz CT molecular complexity index is 1210. The monoisotopic (exact) mass is 439 g/mol. The van der Waals surface area contributed by atoms with E-state index in [1.165, 1.54) is 7.11 Å². The molecule has 2 heterocycles. The van der Waals surface area contributed by atoms with E-state index in [-0.39, 0.29) is 5.78 Å². The van der Waals surface area contributed by atoms with Crippen LogP contribution in [0.4, 0.5) is 5.69 Å². The summed E-state index contributed by atoms with van der Waals surface area (Å²) in [5.74, 6) is -1.24. The van der Waals surface area contributed by atoms with Gasteiger partial charge in [0.2, 0.25) is 0 Å². The summed E-state index contributed by atoms with van der Waals surface area (Å²) in [6.07, 6.45) is 3.78. The summed E-state index contributed by atoms with van der Waals surface area (Å²) in [6, 6.07) is 17.6. The first-order valence-corrected chi connectivity index (χ1v) is 10.8. The third kappa shape index (κ3) is 3.31. The number of carbonyl (C=O) groups is 2. The van der Waals surface area contributed by atoms with Crippen molar-refractivity contribution in [3.05, 3.63) is 71.3 Å². The zero-order valence-electron chi connectivity index (χ0n) is 19.1. The Hall–Kier alpha value is -3.90. The molecule has 0 aromatic heterocycles. The number of para-hydroxylation sites is 1. The smallest absolute Gasteiger partial charge is 0.337 e. The number of methoxy groups -OCH3 is 1. The van der Waals surface area contributed by atoms with Gasteiger partial charge in [-0.1, -0.05) is 63.3 Å². The van der Waals surface area contributed by atoms with Crippen molar-refractivity contribution >= 4 is 23.5 Å². The molecule has 2 aliphatic heterocycles. The van der Waals surface area contributed by atoms with E-state index in [2.05, 4.69) is 12.1 Å². The van der Waals surface area contributed by atoms with Crippen molar-refractivity contribution in [1.82, 2.24) is 0 Å². The highest BCUT2D eigenvalue weighted by Gasteiger charge is 2.64. The van der Waals surface area contributed by atoms with Gasteiger partial charge < -0.3 is 9.64 Å². The summed E-state index contributed by atoms with van der Waals surface area (Å²) in [7, 11) is 1.31. The van der Waals surface area contributed by atoms with E-state index in [0.29, 0.717) is 11.1 Å².